The van der Waals surface area contributed by atoms with E-state index in [4.69, 9.17) is 18.8 Å². The lowest BCUT2D eigenvalue weighted by atomic mass is 9.78. The van der Waals surface area contributed by atoms with Crippen LogP contribution in [0.1, 0.15) is 54.9 Å². The SMILES string of the molecule is COc1nc2cccc(B3OC(C)(C)C(C)(C)O3)c2n1CCCN(C)C(=O)OC(C)(C)C. The topological polar surface area (TPSA) is 75.0 Å². The number of rotatable bonds is 6. The van der Waals surface area contributed by atoms with E-state index in [2.05, 4.69) is 4.98 Å². The number of amides is 1. The molecule has 9 heteroatoms. The molecule has 0 saturated carbocycles. The van der Waals surface area contributed by atoms with Gasteiger partial charge in [-0.3, -0.25) is 4.57 Å². The van der Waals surface area contributed by atoms with Gasteiger partial charge in [-0.15, -0.1) is 0 Å². The second kappa shape index (κ2) is 8.59. The van der Waals surface area contributed by atoms with Gasteiger partial charge < -0.3 is 23.7 Å². The van der Waals surface area contributed by atoms with Crippen molar-refractivity contribution in [3.05, 3.63) is 18.2 Å². The normalized spacial score (nSPS) is 17.6. The summed E-state index contributed by atoms with van der Waals surface area (Å²) < 4.78 is 25.6. The van der Waals surface area contributed by atoms with E-state index in [-0.39, 0.29) is 6.09 Å². The van der Waals surface area contributed by atoms with Gasteiger partial charge in [-0.25, -0.2) is 4.79 Å². The second-order valence-corrected chi connectivity index (χ2v) is 10.3. The van der Waals surface area contributed by atoms with E-state index in [1.165, 1.54) is 0 Å². The van der Waals surface area contributed by atoms with E-state index in [1.54, 1.807) is 19.1 Å². The molecule has 0 radical (unpaired) electrons. The van der Waals surface area contributed by atoms with Gasteiger partial charge in [-0.2, -0.15) is 4.98 Å². The number of nitrogens with zero attached hydrogens (tertiary/aromatic N) is 3. The molecule has 2 aromatic rings. The van der Waals surface area contributed by atoms with Crippen LogP contribution in [0.5, 0.6) is 6.01 Å². The van der Waals surface area contributed by atoms with Gasteiger partial charge in [0.2, 0.25) is 0 Å². The predicted octanol–water partition coefficient (Wildman–Crippen LogP) is 3.60. The van der Waals surface area contributed by atoms with Crippen LogP contribution in [0.15, 0.2) is 18.2 Å². The molecule has 176 valence electrons. The van der Waals surface area contributed by atoms with Crippen LogP contribution < -0.4 is 10.2 Å². The summed E-state index contributed by atoms with van der Waals surface area (Å²) in [7, 11) is 2.85. The molecule has 0 atom stereocenters. The molecule has 2 heterocycles. The van der Waals surface area contributed by atoms with Crippen LogP contribution >= 0.6 is 0 Å². The van der Waals surface area contributed by atoms with Gasteiger partial charge in [-0.1, -0.05) is 12.1 Å². The number of hydrogen-bond donors (Lipinski definition) is 0. The minimum Gasteiger partial charge on any atom is -0.468 e. The fourth-order valence-corrected chi connectivity index (χ4v) is 3.61. The average molecular weight is 445 g/mol. The third-order valence-corrected chi connectivity index (χ3v) is 6.03. The first kappa shape index (κ1) is 24.4. The first-order valence-electron chi connectivity index (χ1n) is 11.1. The van der Waals surface area contributed by atoms with Crippen molar-refractivity contribution in [1.29, 1.82) is 0 Å². The Morgan fingerprint density at radius 1 is 1.19 bits per heavy atom. The maximum absolute atomic E-state index is 12.3. The maximum atomic E-state index is 12.3. The standard InChI is InChI=1S/C23H36BN3O5/c1-21(2,3)30-20(28)26(8)14-11-15-27-18-16(12-10-13-17(18)25-19(27)29-9)24-31-22(4,5)23(6,7)32-24/h10,12-13H,11,14-15H2,1-9H3. The van der Waals surface area contributed by atoms with Crippen LogP contribution in [0.25, 0.3) is 11.0 Å². The lowest BCUT2D eigenvalue weighted by Gasteiger charge is -2.32. The Morgan fingerprint density at radius 2 is 1.81 bits per heavy atom. The number of ether oxygens (including phenoxy) is 2. The molecule has 1 aromatic heterocycles. The minimum atomic E-state index is -0.521. The number of benzene rings is 1. The molecule has 1 aliphatic heterocycles. The van der Waals surface area contributed by atoms with E-state index in [0.717, 1.165) is 16.5 Å². The highest BCUT2D eigenvalue weighted by atomic mass is 16.7. The zero-order valence-corrected chi connectivity index (χ0v) is 20.8. The number of aromatic nitrogens is 2. The Kier molecular flexibility index (Phi) is 6.55. The molecule has 1 amide bonds. The quantitative estimate of drug-likeness (QED) is 0.633. The van der Waals surface area contributed by atoms with E-state index >= 15 is 0 Å². The summed E-state index contributed by atoms with van der Waals surface area (Å²) in [5.74, 6) is 0. The van der Waals surface area contributed by atoms with Crippen molar-refractivity contribution in [2.24, 2.45) is 0 Å². The number of methoxy groups -OCH3 is 1. The molecule has 0 unspecified atom stereocenters. The summed E-state index contributed by atoms with van der Waals surface area (Å²) in [6.07, 6.45) is 0.368. The van der Waals surface area contributed by atoms with Crippen LogP contribution in [0.4, 0.5) is 4.79 Å². The highest BCUT2D eigenvalue weighted by Crippen LogP contribution is 2.37. The molecule has 1 fully saturated rings. The van der Waals surface area contributed by atoms with E-state index in [9.17, 15) is 4.79 Å². The van der Waals surface area contributed by atoms with Crippen molar-refractivity contribution in [2.45, 2.75) is 78.2 Å². The van der Waals surface area contributed by atoms with Crippen molar-refractivity contribution in [3.8, 4) is 6.01 Å². The first-order valence-corrected chi connectivity index (χ1v) is 11.1. The molecular formula is C23H36BN3O5. The number of carbonyl (C=O) groups excluding carboxylic acids is 1. The molecule has 0 N–H and O–H groups in total. The Balaban J connectivity index is 1.84. The lowest BCUT2D eigenvalue weighted by Crippen LogP contribution is -2.41. The van der Waals surface area contributed by atoms with Gasteiger partial charge in [0.15, 0.2) is 0 Å². The fourth-order valence-electron chi connectivity index (χ4n) is 3.61. The number of imidazole rings is 1. The van der Waals surface area contributed by atoms with Gasteiger partial charge in [0.1, 0.15) is 5.60 Å². The Labute approximate surface area is 191 Å². The van der Waals surface area contributed by atoms with Gasteiger partial charge in [-0.05, 0) is 61.0 Å². The van der Waals surface area contributed by atoms with Gasteiger partial charge in [0.25, 0.3) is 6.01 Å². The molecule has 1 saturated heterocycles. The number of fused-ring (bicyclic) bond motifs is 1. The summed E-state index contributed by atoms with van der Waals surface area (Å²) in [5.41, 5.74) is 1.25. The number of hydrogen-bond acceptors (Lipinski definition) is 6. The molecule has 8 nitrogen and oxygen atoms in total. The van der Waals surface area contributed by atoms with E-state index in [1.807, 2.05) is 71.2 Å². The Morgan fingerprint density at radius 3 is 2.38 bits per heavy atom. The number of para-hydroxylation sites is 1. The van der Waals surface area contributed by atoms with Crippen LogP contribution in [-0.2, 0) is 20.6 Å². The van der Waals surface area contributed by atoms with Crippen molar-refractivity contribution >= 4 is 29.7 Å². The molecule has 1 aromatic carbocycles. The Hall–Kier alpha value is -2.26. The van der Waals surface area contributed by atoms with Crippen molar-refractivity contribution in [1.82, 2.24) is 14.5 Å². The molecule has 0 bridgehead atoms. The number of aryl methyl sites for hydroxylation is 1. The van der Waals surface area contributed by atoms with Gasteiger partial charge in [0, 0.05) is 25.6 Å². The average Bonchev–Trinajstić information content (AvgIpc) is 3.13. The van der Waals surface area contributed by atoms with Crippen LogP contribution in [0, 0.1) is 0 Å². The molecule has 1 aliphatic rings. The van der Waals surface area contributed by atoms with E-state index in [0.29, 0.717) is 25.5 Å². The zero-order valence-electron chi connectivity index (χ0n) is 20.8. The smallest absolute Gasteiger partial charge is 0.468 e. The summed E-state index contributed by atoms with van der Waals surface area (Å²) in [6, 6.07) is 6.43. The molecule has 3 rings (SSSR count). The molecule has 32 heavy (non-hydrogen) atoms. The summed E-state index contributed by atoms with van der Waals surface area (Å²) >= 11 is 0. The van der Waals surface area contributed by atoms with Gasteiger partial charge >= 0.3 is 13.2 Å². The lowest BCUT2D eigenvalue weighted by molar-refractivity contribution is 0.00578. The fraction of sp³-hybridized carbons (Fsp3) is 0.652. The summed E-state index contributed by atoms with van der Waals surface area (Å²) in [4.78, 5) is 18.5. The van der Waals surface area contributed by atoms with Crippen LogP contribution in [0.2, 0.25) is 0 Å². The largest absolute Gasteiger partial charge is 0.497 e. The zero-order chi connectivity index (χ0) is 23.9. The highest BCUT2D eigenvalue weighted by molar-refractivity contribution is 6.65. The maximum Gasteiger partial charge on any atom is 0.497 e. The number of carbonyl (C=O) groups is 1. The Bertz CT molecular complexity index is 964. The predicted molar refractivity (Wildman–Crippen MR) is 125 cm³/mol. The van der Waals surface area contributed by atoms with Crippen molar-refractivity contribution < 1.29 is 23.6 Å². The summed E-state index contributed by atoms with van der Waals surface area (Å²) in [6.45, 7) is 14.9. The van der Waals surface area contributed by atoms with Crippen LogP contribution in [-0.4, -0.2) is 65.2 Å². The molecule has 0 spiro atoms. The van der Waals surface area contributed by atoms with Crippen LogP contribution in [0.3, 0.4) is 0 Å². The minimum absolute atomic E-state index is 0.335. The van der Waals surface area contributed by atoms with Crippen molar-refractivity contribution in [3.63, 3.8) is 0 Å². The van der Waals surface area contributed by atoms with Crippen molar-refractivity contribution in [2.75, 3.05) is 20.7 Å². The van der Waals surface area contributed by atoms with Gasteiger partial charge in [0.05, 0.1) is 29.3 Å². The highest BCUT2D eigenvalue weighted by Gasteiger charge is 2.52. The summed E-state index contributed by atoms with van der Waals surface area (Å²) in [5, 5.41) is 0. The molecular weight excluding hydrogens is 409 g/mol. The third kappa shape index (κ3) is 4.88. The third-order valence-electron chi connectivity index (χ3n) is 6.03. The monoisotopic (exact) mass is 445 g/mol. The van der Waals surface area contributed by atoms with E-state index < -0.39 is 23.9 Å². The first-order chi connectivity index (χ1) is 14.8. The second-order valence-electron chi connectivity index (χ2n) is 10.3. The molecule has 0 aliphatic carbocycles.